The van der Waals surface area contributed by atoms with E-state index in [1.165, 1.54) is 0 Å². The second kappa shape index (κ2) is 6.44. The molecule has 0 aliphatic rings. The van der Waals surface area contributed by atoms with Crippen molar-refractivity contribution in [1.29, 1.82) is 0 Å². The van der Waals surface area contributed by atoms with Crippen molar-refractivity contribution in [3.63, 3.8) is 0 Å². The lowest BCUT2D eigenvalue weighted by Gasteiger charge is -2.14. The van der Waals surface area contributed by atoms with Gasteiger partial charge in [0.25, 0.3) is 0 Å². The first-order valence-electron chi connectivity index (χ1n) is 7.34. The van der Waals surface area contributed by atoms with E-state index in [0.29, 0.717) is 17.1 Å². The molecule has 0 aliphatic heterocycles. The second-order valence-corrected chi connectivity index (χ2v) is 5.14. The fourth-order valence-corrected chi connectivity index (χ4v) is 2.66. The maximum atomic E-state index is 10.2. The summed E-state index contributed by atoms with van der Waals surface area (Å²) in [5.74, 6) is 1.28. The molecule has 0 saturated carbocycles. The van der Waals surface area contributed by atoms with Gasteiger partial charge in [-0.1, -0.05) is 54.6 Å². The van der Waals surface area contributed by atoms with E-state index in [2.05, 4.69) is 12.1 Å². The largest absolute Gasteiger partial charge is 0.507 e. The minimum atomic E-state index is 0.162. The molecule has 0 radical (unpaired) electrons. The van der Waals surface area contributed by atoms with E-state index >= 15 is 0 Å². The summed E-state index contributed by atoms with van der Waals surface area (Å²) in [4.78, 5) is 0. The van der Waals surface area contributed by atoms with Crippen molar-refractivity contribution < 1.29 is 14.6 Å². The van der Waals surface area contributed by atoms with Gasteiger partial charge >= 0.3 is 0 Å². The molecule has 1 N–H and O–H groups in total. The lowest BCUT2D eigenvalue weighted by Crippen LogP contribution is -1.94. The molecule has 3 aromatic rings. The van der Waals surface area contributed by atoms with E-state index in [0.717, 1.165) is 16.7 Å². The molecule has 3 heteroatoms. The zero-order valence-electron chi connectivity index (χ0n) is 13.1. The molecule has 116 valence electrons. The summed E-state index contributed by atoms with van der Waals surface area (Å²) < 4.78 is 10.7. The predicted octanol–water partition coefficient (Wildman–Crippen LogP) is 4.74. The normalized spacial score (nSPS) is 10.3. The van der Waals surface area contributed by atoms with Crippen molar-refractivity contribution >= 4 is 0 Å². The lowest BCUT2D eigenvalue weighted by atomic mass is 9.99. The first kappa shape index (κ1) is 15.0. The van der Waals surface area contributed by atoms with Gasteiger partial charge in [0.1, 0.15) is 5.75 Å². The summed E-state index contributed by atoms with van der Waals surface area (Å²) in [5, 5.41) is 10.2. The summed E-state index contributed by atoms with van der Waals surface area (Å²) in [6, 6.07) is 21.5. The van der Waals surface area contributed by atoms with Crippen LogP contribution < -0.4 is 9.47 Å². The highest BCUT2D eigenvalue weighted by atomic mass is 16.5. The first-order chi connectivity index (χ1) is 11.2. The van der Waals surface area contributed by atoms with Crippen molar-refractivity contribution in [3.05, 3.63) is 66.7 Å². The summed E-state index contributed by atoms with van der Waals surface area (Å²) in [6.45, 7) is 0. The Balaban J connectivity index is 2.06. The van der Waals surface area contributed by atoms with Crippen LogP contribution in [0.3, 0.4) is 0 Å². The number of phenols is 1. The summed E-state index contributed by atoms with van der Waals surface area (Å²) in [7, 11) is 3.15. The molecule has 0 aliphatic carbocycles. The molecule has 0 bridgehead atoms. The van der Waals surface area contributed by atoms with Crippen LogP contribution in [-0.4, -0.2) is 19.3 Å². The molecule has 23 heavy (non-hydrogen) atoms. The Morgan fingerprint density at radius 2 is 1.26 bits per heavy atom. The Hall–Kier alpha value is -2.94. The van der Waals surface area contributed by atoms with Gasteiger partial charge in [-0.2, -0.15) is 0 Å². The molecule has 0 unspecified atom stereocenters. The van der Waals surface area contributed by atoms with Gasteiger partial charge in [-0.15, -0.1) is 0 Å². The van der Waals surface area contributed by atoms with Crippen molar-refractivity contribution in [3.8, 4) is 39.5 Å². The van der Waals surface area contributed by atoms with Gasteiger partial charge in [0, 0.05) is 0 Å². The van der Waals surface area contributed by atoms with Crippen LogP contribution in [0.15, 0.2) is 66.7 Å². The average molecular weight is 306 g/mol. The van der Waals surface area contributed by atoms with Gasteiger partial charge in [-0.05, 0) is 28.8 Å². The van der Waals surface area contributed by atoms with Crippen LogP contribution in [0.25, 0.3) is 22.3 Å². The fraction of sp³-hybridized carbons (Fsp3) is 0.100. The van der Waals surface area contributed by atoms with Gasteiger partial charge in [0.15, 0.2) is 11.5 Å². The number of ether oxygens (including phenoxy) is 2. The highest BCUT2D eigenvalue weighted by Crippen LogP contribution is 2.44. The van der Waals surface area contributed by atoms with E-state index in [-0.39, 0.29) is 5.75 Å². The first-order valence-corrected chi connectivity index (χ1v) is 7.34. The van der Waals surface area contributed by atoms with Crippen LogP contribution in [0.5, 0.6) is 17.2 Å². The number of methoxy groups -OCH3 is 2. The fourth-order valence-electron chi connectivity index (χ4n) is 2.66. The minimum Gasteiger partial charge on any atom is -0.507 e. The molecular formula is C20H18O3. The molecule has 0 spiro atoms. The molecule has 0 amide bonds. The average Bonchev–Trinajstić information content (AvgIpc) is 2.62. The predicted molar refractivity (Wildman–Crippen MR) is 92.1 cm³/mol. The van der Waals surface area contributed by atoms with Crippen LogP contribution >= 0.6 is 0 Å². The minimum absolute atomic E-state index is 0.162. The quantitative estimate of drug-likeness (QED) is 0.756. The number of phenolic OH excluding ortho intramolecular Hbond substituents is 1. The smallest absolute Gasteiger partial charge is 0.172 e. The molecule has 3 nitrogen and oxygen atoms in total. The SMILES string of the molecule is COc1ccc(O)c(-c2ccc(-c3ccccc3)cc2)c1OC. The van der Waals surface area contributed by atoms with E-state index < -0.39 is 0 Å². The van der Waals surface area contributed by atoms with Crippen LogP contribution in [0.1, 0.15) is 0 Å². The standard InChI is InChI=1S/C20H18O3/c1-22-18-13-12-17(21)19(20(18)23-2)16-10-8-15(9-11-16)14-6-4-3-5-7-14/h3-13,21H,1-2H3. The topological polar surface area (TPSA) is 38.7 Å². The van der Waals surface area contributed by atoms with Gasteiger partial charge in [-0.3, -0.25) is 0 Å². The molecule has 0 heterocycles. The summed E-state index contributed by atoms with van der Waals surface area (Å²) in [6.07, 6.45) is 0. The lowest BCUT2D eigenvalue weighted by molar-refractivity contribution is 0.353. The Bertz CT molecular complexity index is 793. The third-order valence-electron chi connectivity index (χ3n) is 3.80. The van der Waals surface area contributed by atoms with Gasteiger partial charge < -0.3 is 14.6 Å². The van der Waals surface area contributed by atoms with Gasteiger partial charge in [-0.25, -0.2) is 0 Å². The zero-order chi connectivity index (χ0) is 16.2. The van der Waals surface area contributed by atoms with E-state index in [4.69, 9.17) is 9.47 Å². The second-order valence-electron chi connectivity index (χ2n) is 5.14. The van der Waals surface area contributed by atoms with Crippen LogP contribution in [0.4, 0.5) is 0 Å². The molecule has 0 fully saturated rings. The highest BCUT2D eigenvalue weighted by Gasteiger charge is 2.16. The van der Waals surface area contributed by atoms with Gasteiger partial charge in [0.05, 0.1) is 19.8 Å². The Morgan fingerprint density at radius 3 is 1.87 bits per heavy atom. The maximum absolute atomic E-state index is 10.2. The van der Waals surface area contributed by atoms with Crippen molar-refractivity contribution in [2.45, 2.75) is 0 Å². The third-order valence-corrected chi connectivity index (χ3v) is 3.80. The molecule has 3 rings (SSSR count). The Morgan fingerprint density at radius 1 is 0.652 bits per heavy atom. The molecule has 0 saturated heterocycles. The van der Waals surface area contributed by atoms with Crippen molar-refractivity contribution in [2.75, 3.05) is 14.2 Å². The summed E-state index contributed by atoms with van der Waals surface area (Å²) >= 11 is 0. The molecule has 0 aromatic heterocycles. The van der Waals surface area contributed by atoms with Crippen LogP contribution in [-0.2, 0) is 0 Å². The molecule has 0 atom stereocenters. The number of hydrogen-bond donors (Lipinski definition) is 1. The highest BCUT2D eigenvalue weighted by molar-refractivity contribution is 5.81. The monoisotopic (exact) mass is 306 g/mol. The molecule has 3 aromatic carbocycles. The molecular weight excluding hydrogens is 288 g/mol. The van der Waals surface area contributed by atoms with Crippen molar-refractivity contribution in [1.82, 2.24) is 0 Å². The maximum Gasteiger partial charge on any atom is 0.172 e. The number of aromatic hydroxyl groups is 1. The van der Waals surface area contributed by atoms with Crippen LogP contribution in [0, 0.1) is 0 Å². The number of hydrogen-bond acceptors (Lipinski definition) is 3. The van der Waals surface area contributed by atoms with Gasteiger partial charge in [0.2, 0.25) is 0 Å². The van der Waals surface area contributed by atoms with Crippen LogP contribution in [0.2, 0.25) is 0 Å². The van der Waals surface area contributed by atoms with E-state index in [9.17, 15) is 5.11 Å². The Kier molecular flexibility index (Phi) is 4.20. The third kappa shape index (κ3) is 2.86. The summed E-state index contributed by atoms with van der Waals surface area (Å²) in [5.41, 5.74) is 3.78. The number of rotatable bonds is 4. The van der Waals surface area contributed by atoms with Crippen molar-refractivity contribution in [2.24, 2.45) is 0 Å². The van der Waals surface area contributed by atoms with E-state index in [1.807, 2.05) is 42.5 Å². The number of benzene rings is 3. The zero-order valence-corrected chi connectivity index (χ0v) is 13.1. The van der Waals surface area contributed by atoms with E-state index in [1.54, 1.807) is 26.4 Å². The Labute approximate surface area is 135 Å².